The minimum atomic E-state index is -4.63. The fourth-order valence-corrected chi connectivity index (χ4v) is 2.48. The first kappa shape index (κ1) is 17.5. The highest BCUT2D eigenvalue weighted by Gasteiger charge is 2.35. The summed E-state index contributed by atoms with van der Waals surface area (Å²) in [5, 5.41) is 6.75. The molecule has 1 N–H and O–H groups in total. The molecule has 0 saturated carbocycles. The highest BCUT2D eigenvalue weighted by Crippen LogP contribution is 2.30. The standard InChI is InChI=1S/C15H9Cl2F3N4O/c1-7-4-12(15(18,19)20)24-13(21-7)6-11(23-24)14(25)22-8-2-3-9(16)10(17)5-8/h2-6H,1H3,(H,22,25). The third-order valence-corrected chi connectivity index (χ3v) is 3.99. The molecule has 5 nitrogen and oxygen atoms in total. The molecule has 0 radical (unpaired) electrons. The van der Waals surface area contributed by atoms with Gasteiger partial charge < -0.3 is 5.32 Å². The van der Waals surface area contributed by atoms with E-state index in [0.717, 1.165) is 6.07 Å². The van der Waals surface area contributed by atoms with Gasteiger partial charge in [-0.05, 0) is 31.2 Å². The lowest BCUT2D eigenvalue weighted by atomic mass is 10.3. The molecule has 10 heteroatoms. The van der Waals surface area contributed by atoms with Crippen LogP contribution in [0, 0.1) is 6.92 Å². The van der Waals surface area contributed by atoms with Crippen molar-refractivity contribution in [2.24, 2.45) is 0 Å². The molecule has 1 amide bonds. The minimum Gasteiger partial charge on any atom is -0.321 e. The van der Waals surface area contributed by atoms with Crippen molar-refractivity contribution in [2.45, 2.75) is 13.1 Å². The average molecular weight is 389 g/mol. The van der Waals surface area contributed by atoms with Gasteiger partial charge in [0.05, 0.1) is 10.0 Å². The predicted molar refractivity (Wildman–Crippen MR) is 87.1 cm³/mol. The van der Waals surface area contributed by atoms with E-state index in [4.69, 9.17) is 23.2 Å². The van der Waals surface area contributed by atoms with Crippen molar-refractivity contribution >= 4 is 40.4 Å². The highest BCUT2D eigenvalue weighted by atomic mass is 35.5. The summed E-state index contributed by atoms with van der Waals surface area (Å²) in [5.74, 6) is -0.699. The summed E-state index contributed by atoms with van der Waals surface area (Å²) >= 11 is 11.6. The molecule has 130 valence electrons. The Bertz CT molecular complexity index is 985. The number of amides is 1. The van der Waals surface area contributed by atoms with Crippen LogP contribution in [0.1, 0.15) is 21.9 Å². The lowest BCUT2D eigenvalue weighted by molar-refractivity contribution is -0.142. The number of fused-ring (bicyclic) bond motifs is 1. The maximum absolute atomic E-state index is 13.1. The van der Waals surface area contributed by atoms with Crippen LogP contribution in [0.25, 0.3) is 5.65 Å². The minimum absolute atomic E-state index is 0.0772. The second-order valence-electron chi connectivity index (χ2n) is 5.16. The number of hydrogen-bond acceptors (Lipinski definition) is 3. The predicted octanol–water partition coefficient (Wildman–Crippen LogP) is 4.62. The third kappa shape index (κ3) is 3.54. The zero-order valence-electron chi connectivity index (χ0n) is 12.5. The molecule has 0 aliphatic rings. The number of benzene rings is 1. The van der Waals surface area contributed by atoms with Gasteiger partial charge in [-0.15, -0.1) is 0 Å². The van der Waals surface area contributed by atoms with Gasteiger partial charge in [-0.1, -0.05) is 23.2 Å². The smallest absolute Gasteiger partial charge is 0.321 e. The molecule has 0 bridgehead atoms. The summed E-state index contributed by atoms with van der Waals surface area (Å²) in [6, 6.07) is 6.44. The van der Waals surface area contributed by atoms with E-state index >= 15 is 0 Å². The fraction of sp³-hybridized carbons (Fsp3) is 0.133. The van der Waals surface area contributed by atoms with Gasteiger partial charge in [-0.3, -0.25) is 4.79 Å². The van der Waals surface area contributed by atoms with E-state index in [1.54, 1.807) is 0 Å². The van der Waals surface area contributed by atoms with Crippen molar-refractivity contribution in [1.29, 1.82) is 0 Å². The molecule has 0 aliphatic heterocycles. The Morgan fingerprint density at radius 1 is 1.16 bits per heavy atom. The lowest BCUT2D eigenvalue weighted by Crippen LogP contribution is -2.15. The molecule has 3 aromatic rings. The van der Waals surface area contributed by atoms with Crippen LogP contribution < -0.4 is 5.32 Å². The average Bonchev–Trinajstić information content (AvgIpc) is 2.93. The number of halogens is 5. The summed E-state index contributed by atoms with van der Waals surface area (Å²) in [6.07, 6.45) is -4.63. The van der Waals surface area contributed by atoms with Crippen molar-refractivity contribution in [3.63, 3.8) is 0 Å². The summed E-state index contributed by atoms with van der Waals surface area (Å²) in [6.45, 7) is 1.43. The first-order chi connectivity index (χ1) is 11.6. The zero-order valence-corrected chi connectivity index (χ0v) is 14.0. The van der Waals surface area contributed by atoms with Crippen LogP contribution in [-0.2, 0) is 6.18 Å². The van der Waals surface area contributed by atoms with Crippen LogP contribution in [0.2, 0.25) is 10.0 Å². The molecule has 0 unspecified atom stereocenters. The number of carbonyl (C=O) groups excluding carboxylic acids is 1. The van der Waals surface area contributed by atoms with Crippen molar-refractivity contribution in [3.8, 4) is 0 Å². The zero-order chi connectivity index (χ0) is 18.4. The summed E-state index contributed by atoms with van der Waals surface area (Å²) in [7, 11) is 0. The second-order valence-corrected chi connectivity index (χ2v) is 5.98. The van der Waals surface area contributed by atoms with E-state index in [0.29, 0.717) is 15.2 Å². The first-order valence-corrected chi connectivity index (χ1v) is 7.62. The van der Waals surface area contributed by atoms with Crippen molar-refractivity contribution in [1.82, 2.24) is 14.6 Å². The molecule has 2 heterocycles. The van der Waals surface area contributed by atoms with Crippen LogP contribution in [0.3, 0.4) is 0 Å². The number of anilines is 1. The third-order valence-electron chi connectivity index (χ3n) is 3.26. The summed E-state index contributed by atoms with van der Waals surface area (Å²) < 4.78 is 40.0. The van der Waals surface area contributed by atoms with Crippen LogP contribution in [0.4, 0.5) is 18.9 Å². The van der Waals surface area contributed by atoms with Gasteiger partial charge in [-0.2, -0.15) is 18.3 Å². The van der Waals surface area contributed by atoms with Crippen LogP contribution in [-0.4, -0.2) is 20.5 Å². The number of aromatic nitrogens is 3. The van der Waals surface area contributed by atoms with Gasteiger partial charge >= 0.3 is 6.18 Å². The maximum atomic E-state index is 13.1. The van der Waals surface area contributed by atoms with Crippen LogP contribution in [0.5, 0.6) is 0 Å². The van der Waals surface area contributed by atoms with Gasteiger partial charge in [0.15, 0.2) is 11.3 Å². The van der Waals surface area contributed by atoms with Gasteiger partial charge in [0.1, 0.15) is 5.69 Å². The van der Waals surface area contributed by atoms with Gasteiger partial charge in [0.2, 0.25) is 0 Å². The normalized spacial score (nSPS) is 11.8. The molecule has 0 spiro atoms. The molecule has 0 aliphatic carbocycles. The van der Waals surface area contributed by atoms with E-state index in [9.17, 15) is 18.0 Å². The number of rotatable bonds is 2. The van der Waals surface area contributed by atoms with E-state index < -0.39 is 17.8 Å². The van der Waals surface area contributed by atoms with Crippen molar-refractivity contribution < 1.29 is 18.0 Å². The van der Waals surface area contributed by atoms with E-state index in [-0.39, 0.29) is 22.1 Å². The molecule has 0 saturated heterocycles. The largest absolute Gasteiger partial charge is 0.433 e. The lowest BCUT2D eigenvalue weighted by Gasteiger charge is -2.09. The molecule has 25 heavy (non-hydrogen) atoms. The Morgan fingerprint density at radius 2 is 1.88 bits per heavy atom. The van der Waals surface area contributed by atoms with Gasteiger partial charge in [0.25, 0.3) is 5.91 Å². The molecule has 0 fully saturated rings. The summed E-state index contributed by atoms with van der Waals surface area (Å²) in [4.78, 5) is 16.2. The SMILES string of the molecule is Cc1cc(C(F)(F)F)n2nc(C(=O)Nc3ccc(Cl)c(Cl)c3)cc2n1. The van der Waals surface area contributed by atoms with Crippen LogP contribution in [0.15, 0.2) is 30.3 Å². The maximum Gasteiger partial charge on any atom is 0.433 e. The number of alkyl halides is 3. The quantitative estimate of drug-likeness (QED) is 0.696. The van der Waals surface area contributed by atoms with Gasteiger partial charge in [0, 0.05) is 17.4 Å². The molecule has 0 atom stereocenters. The molecule has 3 rings (SSSR count). The fourth-order valence-electron chi connectivity index (χ4n) is 2.18. The number of carbonyl (C=O) groups is 1. The van der Waals surface area contributed by atoms with E-state index in [1.807, 2.05) is 0 Å². The number of aryl methyl sites for hydroxylation is 1. The Kier molecular flexibility index (Phi) is 4.34. The van der Waals surface area contributed by atoms with Gasteiger partial charge in [-0.25, -0.2) is 9.50 Å². The molecular formula is C15H9Cl2F3N4O. The molecular weight excluding hydrogens is 380 g/mol. The highest BCUT2D eigenvalue weighted by molar-refractivity contribution is 6.42. The molecule has 1 aromatic carbocycles. The van der Waals surface area contributed by atoms with Crippen molar-refractivity contribution in [3.05, 3.63) is 57.5 Å². The van der Waals surface area contributed by atoms with Crippen molar-refractivity contribution in [2.75, 3.05) is 5.32 Å². The van der Waals surface area contributed by atoms with E-state index in [2.05, 4.69) is 15.4 Å². The Balaban J connectivity index is 1.98. The Morgan fingerprint density at radius 3 is 2.52 bits per heavy atom. The topological polar surface area (TPSA) is 59.3 Å². The van der Waals surface area contributed by atoms with E-state index in [1.165, 1.54) is 31.2 Å². The molecule has 2 aromatic heterocycles. The number of nitrogens with zero attached hydrogens (tertiary/aromatic N) is 3. The van der Waals surface area contributed by atoms with Crippen LogP contribution >= 0.6 is 23.2 Å². The number of hydrogen-bond donors (Lipinski definition) is 1. The first-order valence-electron chi connectivity index (χ1n) is 6.86. The Labute approximate surface area is 149 Å². The number of nitrogens with one attached hydrogen (secondary N) is 1. The Hall–Kier alpha value is -2.32. The summed E-state index contributed by atoms with van der Waals surface area (Å²) in [5.41, 5.74) is -0.808. The second kappa shape index (κ2) is 6.20. The monoisotopic (exact) mass is 388 g/mol.